The van der Waals surface area contributed by atoms with E-state index in [-0.39, 0.29) is 5.54 Å². The van der Waals surface area contributed by atoms with E-state index in [1.54, 1.807) is 0 Å². The van der Waals surface area contributed by atoms with E-state index in [0.29, 0.717) is 0 Å². The topological polar surface area (TPSA) is 64.9 Å². The van der Waals surface area contributed by atoms with Gasteiger partial charge >= 0.3 is 0 Å². The third-order valence-electron chi connectivity index (χ3n) is 3.78. The van der Waals surface area contributed by atoms with E-state index in [1.807, 2.05) is 0 Å². The van der Waals surface area contributed by atoms with Gasteiger partial charge in [-0.25, -0.2) is 0 Å². The van der Waals surface area contributed by atoms with Crippen molar-refractivity contribution in [1.82, 2.24) is 10.1 Å². The van der Waals surface area contributed by atoms with Crippen LogP contribution in [-0.4, -0.2) is 15.7 Å². The fourth-order valence-corrected chi connectivity index (χ4v) is 2.58. The van der Waals surface area contributed by atoms with Crippen LogP contribution in [-0.2, 0) is 12.8 Å². The third kappa shape index (κ3) is 2.26. The van der Waals surface area contributed by atoms with Crippen molar-refractivity contribution in [1.29, 1.82) is 0 Å². The Balaban J connectivity index is 1.62. The van der Waals surface area contributed by atoms with Crippen LogP contribution in [0.4, 0.5) is 0 Å². The molecule has 3 rings (SSSR count). The van der Waals surface area contributed by atoms with E-state index >= 15 is 0 Å². The number of nitrogens with two attached hydrogens (primary N) is 1. The lowest BCUT2D eigenvalue weighted by Crippen LogP contribution is -2.38. The Morgan fingerprint density at radius 1 is 1.31 bits per heavy atom. The van der Waals surface area contributed by atoms with E-state index in [2.05, 4.69) is 10.1 Å². The smallest absolute Gasteiger partial charge is 0.228 e. The van der Waals surface area contributed by atoms with Gasteiger partial charge in [0.2, 0.25) is 5.89 Å². The normalized spacial score (nSPS) is 23.8. The zero-order chi connectivity index (χ0) is 11.0. The molecule has 0 amide bonds. The zero-order valence-electron chi connectivity index (χ0n) is 9.61. The van der Waals surface area contributed by atoms with Gasteiger partial charge in [0, 0.05) is 18.4 Å². The van der Waals surface area contributed by atoms with Crippen LogP contribution in [0.2, 0.25) is 0 Å². The molecule has 2 aliphatic carbocycles. The highest BCUT2D eigenvalue weighted by molar-refractivity contribution is 4.99. The molecule has 0 bridgehead atoms. The molecule has 0 aromatic carbocycles. The van der Waals surface area contributed by atoms with Crippen LogP contribution in [0.25, 0.3) is 0 Å². The first kappa shape index (κ1) is 10.3. The van der Waals surface area contributed by atoms with E-state index in [4.69, 9.17) is 10.3 Å². The van der Waals surface area contributed by atoms with Crippen molar-refractivity contribution in [3.63, 3.8) is 0 Å². The van der Waals surface area contributed by atoms with Gasteiger partial charge in [0.15, 0.2) is 5.82 Å². The van der Waals surface area contributed by atoms with E-state index < -0.39 is 0 Å². The van der Waals surface area contributed by atoms with Crippen molar-refractivity contribution in [2.45, 2.75) is 56.9 Å². The SMILES string of the molecule is NC1(Cc2nc(CC3CC3)no2)CCCC1. The highest BCUT2D eigenvalue weighted by Crippen LogP contribution is 2.32. The van der Waals surface area contributed by atoms with Crippen molar-refractivity contribution in [3.05, 3.63) is 11.7 Å². The minimum absolute atomic E-state index is 0.0800. The summed E-state index contributed by atoms with van der Waals surface area (Å²) in [6.45, 7) is 0. The molecule has 0 saturated heterocycles. The molecule has 1 aromatic heterocycles. The first-order valence-corrected chi connectivity index (χ1v) is 6.34. The van der Waals surface area contributed by atoms with Crippen LogP contribution in [0, 0.1) is 5.92 Å². The lowest BCUT2D eigenvalue weighted by molar-refractivity contribution is 0.326. The second-order valence-electron chi connectivity index (χ2n) is 5.50. The maximum absolute atomic E-state index is 6.29. The number of hydrogen-bond donors (Lipinski definition) is 1. The Kier molecular flexibility index (Phi) is 2.46. The lowest BCUT2D eigenvalue weighted by atomic mass is 9.95. The fraction of sp³-hybridized carbons (Fsp3) is 0.833. The van der Waals surface area contributed by atoms with Gasteiger partial charge in [-0.2, -0.15) is 4.98 Å². The van der Waals surface area contributed by atoms with Gasteiger partial charge in [-0.05, 0) is 31.6 Å². The minimum atomic E-state index is -0.0800. The van der Waals surface area contributed by atoms with Crippen molar-refractivity contribution >= 4 is 0 Å². The van der Waals surface area contributed by atoms with E-state index in [0.717, 1.165) is 43.3 Å². The number of nitrogens with zero attached hydrogens (tertiary/aromatic N) is 2. The van der Waals surface area contributed by atoms with E-state index in [1.165, 1.54) is 25.7 Å². The number of hydrogen-bond acceptors (Lipinski definition) is 4. The van der Waals surface area contributed by atoms with Crippen molar-refractivity contribution in [2.24, 2.45) is 11.7 Å². The first-order chi connectivity index (χ1) is 7.73. The minimum Gasteiger partial charge on any atom is -0.339 e. The standard InChI is InChI=1S/C12H19N3O/c13-12(5-1-2-6-12)8-11-14-10(15-16-11)7-9-3-4-9/h9H,1-8,13H2. The molecule has 2 N–H and O–H groups in total. The molecule has 4 heteroatoms. The first-order valence-electron chi connectivity index (χ1n) is 6.34. The Morgan fingerprint density at radius 3 is 2.75 bits per heavy atom. The highest BCUT2D eigenvalue weighted by Gasteiger charge is 2.32. The maximum Gasteiger partial charge on any atom is 0.228 e. The van der Waals surface area contributed by atoms with Crippen LogP contribution in [0.3, 0.4) is 0 Å². The van der Waals surface area contributed by atoms with Crippen LogP contribution >= 0.6 is 0 Å². The van der Waals surface area contributed by atoms with Gasteiger partial charge in [0.25, 0.3) is 0 Å². The second-order valence-corrected chi connectivity index (χ2v) is 5.50. The van der Waals surface area contributed by atoms with E-state index in [9.17, 15) is 0 Å². The Labute approximate surface area is 95.6 Å². The summed E-state index contributed by atoms with van der Waals surface area (Å²) < 4.78 is 5.28. The molecule has 2 saturated carbocycles. The predicted octanol–water partition coefficient (Wildman–Crippen LogP) is 1.84. The summed E-state index contributed by atoms with van der Waals surface area (Å²) in [5.74, 6) is 2.42. The largest absolute Gasteiger partial charge is 0.339 e. The Bertz CT molecular complexity index is 364. The molecule has 0 atom stereocenters. The summed E-state index contributed by atoms with van der Waals surface area (Å²) >= 11 is 0. The highest BCUT2D eigenvalue weighted by atomic mass is 16.5. The molecule has 16 heavy (non-hydrogen) atoms. The van der Waals surface area contributed by atoms with Crippen molar-refractivity contribution in [2.75, 3.05) is 0 Å². The zero-order valence-corrected chi connectivity index (χ0v) is 9.61. The number of rotatable bonds is 4. The molecule has 4 nitrogen and oxygen atoms in total. The fourth-order valence-electron chi connectivity index (χ4n) is 2.58. The monoisotopic (exact) mass is 221 g/mol. The lowest BCUT2D eigenvalue weighted by Gasteiger charge is -2.20. The molecule has 1 heterocycles. The van der Waals surface area contributed by atoms with Gasteiger partial charge in [-0.15, -0.1) is 0 Å². The Morgan fingerprint density at radius 2 is 2.06 bits per heavy atom. The van der Waals surface area contributed by atoms with Crippen LogP contribution in [0.1, 0.15) is 50.2 Å². The molecule has 0 spiro atoms. The van der Waals surface area contributed by atoms with Gasteiger partial charge in [-0.1, -0.05) is 18.0 Å². The van der Waals surface area contributed by atoms with Gasteiger partial charge in [0.05, 0.1) is 0 Å². The molecule has 0 aliphatic heterocycles. The molecular weight excluding hydrogens is 202 g/mol. The van der Waals surface area contributed by atoms with Crippen molar-refractivity contribution < 1.29 is 4.52 Å². The van der Waals surface area contributed by atoms with Crippen LogP contribution in [0.5, 0.6) is 0 Å². The molecule has 2 aliphatic rings. The van der Waals surface area contributed by atoms with Gasteiger partial charge < -0.3 is 10.3 Å². The van der Waals surface area contributed by atoms with Crippen molar-refractivity contribution in [3.8, 4) is 0 Å². The summed E-state index contributed by atoms with van der Waals surface area (Å²) in [7, 11) is 0. The summed E-state index contributed by atoms with van der Waals surface area (Å²) in [5.41, 5.74) is 6.21. The maximum atomic E-state index is 6.29. The molecule has 1 aromatic rings. The molecular formula is C12H19N3O. The Hall–Kier alpha value is -0.900. The third-order valence-corrected chi connectivity index (χ3v) is 3.78. The van der Waals surface area contributed by atoms with Gasteiger partial charge in [-0.3, -0.25) is 0 Å². The summed E-state index contributed by atoms with van der Waals surface area (Å²) in [6, 6.07) is 0. The second kappa shape index (κ2) is 3.84. The molecule has 0 unspecified atom stereocenters. The predicted molar refractivity (Wildman–Crippen MR) is 59.8 cm³/mol. The van der Waals surface area contributed by atoms with Gasteiger partial charge in [0.1, 0.15) is 0 Å². The van der Waals surface area contributed by atoms with Crippen LogP contribution in [0.15, 0.2) is 4.52 Å². The summed E-state index contributed by atoms with van der Waals surface area (Å²) in [5, 5.41) is 4.03. The molecule has 88 valence electrons. The summed E-state index contributed by atoms with van der Waals surface area (Å²) in [4.78, 5) is 4.44. The summed E-state index contributed by atoms with van der Waals surface area (Å²) in [6.07, 6.45) is 9.04. The molecule has 0 radical (unpaired) electrons. The average Bonchev–Trinajstić information content (AvgIpc) is 2.78. The number of aromatic nitrogens is 2. The average molecular weight is 221 g/mol. The molecule has 2 fully saturated rings. The van der Waals surface area contributed by atoms with Crippen LogP contribution < -0.4 is 5.73 Å². The quantitative estimate of drug-likeness (QED) is 0.842.